The second kappa shape index (κ2) is 18.6. The summed E-state index contributed by atoms with van der Waals surface area (Å²) in [6.45, 7) is 13.7. The molecule has 63 heavy (non-hydrogen) atoms. The zero-order chi connectivity index (χ0) is 45.2. The molecule has 0 atom stereocenters. The number of fused-ring (bicyclic) bond motifs is 6. The van der Waals surface area contributed by atoms with E-state index in [1.807, 2.05) is 85.5 Å². The number of nitrogens with zero attached hydrogens (tertiary/aromatic N) is 4. The molecule has 0 saturated heterocycles. The molecule has 0 fully saturated rings. The molecule has 9 aromatic rings. The lowest BCUT2D eigenvalue weighted by atomic mass is 9.80. The fourth-order valence-electron chi connectivity index (χ4n) is 7.42. The summed E-state index contributed by atoms with van der Waals surface area (Å²) in [6.07, 6.45) is 7.66. The summed E-state index contributed by atoms with van der Waals surface area (Å²) >= 11 is 2.29. The predicted molar refractivity (Wildman–Crippen MR) is 266 cm³/mol. The van der Waals surface area contributed by atoms with Gasteiger partial charge in [0.1, 0.15) is 22.3 Å². The molecule has 6 heterocycles. The fraction of sp³-hybridized carbons (Fsp3) is 0.191. The van der Waals surface area contributed by atoms with Gasteiger partial charge >= 0.3 is 7.12 Å². The molecule has 9 rings (SSSR count). The lowest BCUT2D eigenvalue weighted by Crippen LogP contribution is -2.41. The molecule has 0 bridgehead atoms. The standard InChI is InChI=1S/C21H23N3OSi.C18H14IN3O.C8H11BO4S/c1-14-10-16-18-17(26(2,3)4)13-24(12-15-8-6-5-7-9-15)21(25)19(18)23-20(16)22-11-14;1-11-7-13-15-14(19)10-22(9-12-5-3-2-4-6-12)18(23)16(15)21-17(13)20-8-11;1-2-14(12,13)8-5-3-4-7(6-8)9(10)11/h5-11,13H,12H2,1-4H3,(H,22,23);2-8,10H,9H2,1H3,(H,20,21);3-6,10-11H,2H2,1H3. The highest BCUT2D eigenvalue weighted by atomic mass is 127. The molecule has 0 amide bonds. The van der Waals surface area contributed by atoms with E-state index in [2.05, 4.69) is 92.6 Å². The Morgan fingerprint density at radius 3 is 1.68 bits per heavy atom. The molecular formula is C47H48BIN6O6SSi. The number of aromatic nitrogens is 6. The number of aromatic amines is 2. The number of sulfone groups is 1. The van der Waals surface area contributed by atoms with E-state index in [4.69, 9.17) is 10.0 Å². The summed E-state index contributed by atoms with van der Waals surface area (Å²) in [4.78, 5) is 41.5. The van der Waals surface area contributed by atoms with Crippen LogP contribution in [0.3, 0.4) is 0 Å². The third-order valence-electron chi connectivity index (χ3n) is 10.7. The van der Waals surface area contributed by atoms with Crippen LogP contribution in [0.5, 0.6) is 0 Å². The van der Waals surface area contributed by atoms with Gasteiger partial charge in [-0.05, 0) is 93.6 Å². The van der Waals surface area contributed by atoms with Crippen molar-refractivity contribution in [1.82, 2.24) is 29.1 Å². The Morgan fingerprint density at radius 1 is 0.698 bits per heavy atom. The largest absolute Gasteiger partial charge is 0.488 e. The zero-order valence-corrected chi connectivity index (χ0v) is 39.8. The highest BCUT2D eigenvalue weighted by Crippen LogP contribution is 2.28. The molecule has 0 spiro atoms. The average Bonchev–Trinajstić information content (AvgIpc) is 3.84. The Morgan fingerprint density at radius 2 is 1.19 bits per heavy atom. The Kier molecular flexibility index (Phi) is 13.4. The van der Waals surface area contributed by atoms with Crippen LogP contribution < -0.4 is 21.8 Å². The van der Waals surface area contributed by atoms with Gasteiger partial charge in [0.2, 0.25) is 0 Å². The monoisotopic (exact) mass is 990 g/mol. The smallest absolute Gasteiger partial charge is 0.423 e. The van der Waals surface area contributed by atoms with Gasteiger partial charge < -0.3 is 29.2 Å². The summed E-state index contributed by atoms with van der Waals surface area (Å²) in [7, 11) is -6.59. The zero-order valence-electron chi connectivity index (χ0n) is 35.8. The van der Waals surface area contributed by atoms with E-state index in [-0.39, 0.29) is 27.2 Å². The van der Waals surface area contributed by atoms with Gasteiger partial charge in [0, 0.05) is 49.9 Å². The van der Waals surface area contributed by atoms with Crippen molar-refractivity contribution in [2.24, 2.45) is 0 Å². The van der Waals surface area contributed by atoms with E-state index >= 15 is 0 Å². The molecule has 3 aromatic carbocycles. The fourth-order valence-corrected chi connectivity index (χ4v) is 10.8. The normalized spacial score (nSPS) is 11.7. The van der Waals surface area contributed by atoms with Gasteiger partial charge in [-0.1, -0.05) is 99.4 Å². The van der Waals surface area contributed by atoms with E-state index in [1.54, 1.807) is 4.57 Å². The molecule has 0 unspecified atom stereocenters. The quantitative estimate of drug-likeness (QED) is 0.0953. The molecule has 0 radical (unpaired) electrons. The van der Waals surface area contributed by atoms with Gasteiger partial charge in [-0.2, -0.15) is 0 Å². The minimum atomic E-state index is -3.28. The summed E-state index contributed by atoms with van der Waals surface area (Å²) in [5.74, 6) is -0.00201. The van der Waals surface area contributed by atoms with Gasteiger partial charge in [0.25, 0.3) is 11.1 Å². The number of hydrogen-bond acceptors (Lipinski definition) is 8. The van der Waals surface area contributed by atoms with Gasteiger partial charge in [-0.15, -0.1) is 0 Å². The van der Waals surface area contributed by atoms with Crippen molar-refractivity contribution < 1.29 is 18.5 Å². The Hall–Kier alpha value is -5.66. The summed E-state index contributed by atoms with van der Waals surface area (Å²) in [5.41, 5.74) is 7.46. The second-order valence-electron chi connectivity index (χ2n) is 16.5. The van der Waals surface area contributed by atoms with Crippen molar-refractivity contribution in [1.29, 1.82) is 0 Å². The van der Waals surface area contributed by atoms with Crippen LogP contribution in [0.15, 0.2) is 136 Å². The number of nitrogens with one attached hydrogen (secondary N) is 2. The van der Waals surface area contributed by atoms with Gasteiger partial charge in [0.05, 0.1) is 31.8 Å². The third-order valence-corrected chi connectivity index (χ3v) is 15.2. The second-order valence-corrected chi connectivity index (χ2v) is 25.0. The van der Waals surface area contributed by atoms with Crippen LogP contribution in [-0.4, -0.2) is 68.5 Å². The van der Waals surface area contributed by atoms with Crippen molar-refractivity contribution >= 4 is 102 Å². The highest BCUT2D eigenvalue weighted by molar-refractivity contribution is 14.1. The molecule has 0 aliphatic carbocycles. The maximum atomic E-state index is 13.2. The topological polar surface area (TPSA) is 176 Å². The van der Waals surface area contributed by atoms with Crippen LogP contribution in [0, 0.1) is 17.4 Å². The first-order valence-corrected chi connectivity index (χ1v) is 26.6. The van der Waals surface area contributed by atoms with Crippen molar-refractivity contribution in [3.63, 3.8) is 0 Å². The van der Waals surface area contributed by atoms with Crippen LogP contribution in [0.25, 0.3) is 43.9 Å². The van der Waals surface area contributed by atoms with Crippen LogP contribution in [0.1, 0.15) is 29.2 Å². The molecule has 0 aliphatic rings. The SMILES string of the molecule is CCS(=O)(=O)c1cccc(B(O)O)c1.Cc1cnc2[nH]c3c(=O)n(Cc4ccccc4)cc(I)c3c2c1.Cc1cnc2[nH]c3c(=O)n(Cc4ccccc4)cc([Si](C)(C)C)c3c2c1. The van der Waals surface area contributed by atoms with Crippen LogP contribution in [-0.2, 0) is 22.9 Å². The maximum Gasteiger partial charge on any atom is 0.488 e. The average molecular weight is 991 g/mol. The molecule has 12 nitrogen and oxygen atoms in total. The summed E-state index contributed by atoms with van der Waals surface area (Å²) < 4.78 is 27.5. The molecule has 322 valence electrons. The van der Waals surface area contributed by atoms with Crippen molar-refractivity contribution in [2.75, 3.05) is 5.75 Å². The van der Waals surface area contributed by atoms with E-state index in [9.17, 15) is 18.0 Å². The lowest BCUT2D eigenvalue weighted by Gasteiger charge is -2.20. The first kappa shape index (κ1) is 45.4. The number of pyridine rings is 4. The van der Waals surface area contributed by atoms with Crippen LogP contribution >= 0.6 is 22.6 Å². The van der Waals surface area contributed by atoms with Gasteiger partial charge in [-0.25, -0.2) is 18.4 Å². The van der Waals surface area contributed by atoms with E-state index < -0.39 is 25.0 Å². The molecule has 16 heteroatoms. The first-order chi connectivity index (χ1) is 29.9. The van der Waals surface area contributed by atoms with E-state index in [0.717, 1.165) is 58.7 Å². The summed E-state index contributed by atoms with van der Waals surface area (Å²) in [5, 5.41) is 23.1. The third kappa shape index (κ3) is 9.95. The number of H-pyrrole nitrogens is 2. The first-order valence-electron chi connectivity index (χ1n) is 20.4. The van der Waals surface area contributed by atoms with Crippen molar-refractivity contribution in [2.45, 2.75) is 58.4 Å². The predicted octanol–water partition coefficient (Wildman–Crippen LogP) is 6.78. The molecule has 6 aromatic heterocycles. The Bertz CT molecular complexity index is 3350. The van der Waals surface area contributed by atoms with E-state index in [0.29, 0.717) is 24.1 Å². The number of halogens is 1. The van der Waals surface area contributed by atoms with Crippen molar-refractivity contribution in [3.8, 4) is 0 Å². The minimum absolute atomic E-state index is 0.00201. The van der Waals surface area contributed by atoms with Crippen LogP contribution in [0.2, 0.25) is 19.6 Å². The maximum absolute atomic E-state index is 13.2. The Labute approximate surface area is 379 Å². The highest BCUT2D eigenvalue weighted by Gasteiger charge is 2.25. The minimum Gasteiger partial charge on any atom is -0.423 e. The molecule has 4 N–H and O–H groups in total. The number of aryl methyl sites for hydroxylation is 2. The number of rotatable bonds is 8. The molecule has 0 saturated carbocycles. The lowest BCUT2D eigenvalue weighted by molar-refractivity contribution is 0.425. The Balaban J connectivity index is 0.000000148. The summed E-state index contributed by atoms with van der Waals surface area (Å²) in [6, 6.07) is 30.0. The van der Waals surface area contributed by atoms with Crippen molar-refractivity contribution in [3.05, 3.63) is 168 Å². The van der Waals surface area contributed by atoms with E-state index in [1.165, 1.54) is 36.4 Å². The number of hydrogen-bond donors (Lipinski definition) is 4. The number of benzene rings is 3. The van der Waals surface area contributed by atoms with Gasteiger partial charge in [0.15, 0.2) is 9.84 Å². The molecular weight excluding hydrogens is 942 g/mol. The van der Waals surface area contributed by atoms with Crippen LogP contribution in [0.4, 0.5) is 0 Å². The molecule has 0 aliphatic heterocycles. The van der Waals surface area contributed by atoms with Gasteiger partial charge in [-0.3, -0.25) is 9.59 Å².